The number of ether oxygens (including phenoxy) is 6. The van der Waals surface area contributed by atoms with E-state index in [4.69, 9.17) is 28.4 Å². The average molecular weight is 904 g/mol. The van der Waals surface area contributed by atoms with Gasteiger partial charge in [0, 0.05) is 49.0 Å². The molecule has 5 aromatic carbocycles. The van der Waals surface area contributed by atoms with E-state index >= 15 is 4.79 Å². The van der Waals surface area contributed by atoms with Crippen LogP contribution in [-0.2, 0) is 46.9 Å². The summed E-state index contributed by atoms with van der Waals surface area (Å²) < 4.78 is 37.1. The van der Waals surface area contributed by atoms with E-state index < -0.39 is 22.3 Å². The maximum Gasteiger partial charge on any atom is 0.335 e. The minimum atomic E-state index is -1.32. The van der Waals surface area contributed by atoms with Crippen LogP contribution in [-0.4, -0.2) is 89.7 Å². The van der Waals surface area contributed by atoms with Crippen LogP contribution in [0.3, 0.4) is 0 Å². The van der Waals surface area contributed by atoms with Crippen LogP contribution in [0.2, 0.25) is 51.4 Å². The Morgan fingerprint density at radius 3 is 1.81 bits per heavy atom. The van der Waals surface area contributed by atoms with Gasteiger partial charge in [0.05, 0.1) is 25.8 Å². The molecule has 5 aromatic rings. The van der Waals surface area contributed by atoms with Crippen LogP contribution < -0.4 is 14.2 Å². The van der Waals surface area contributed by atoms with Gasteiger partial charge in [-0.25, -0.2) is 9.80 Å². The Kier molecular flexibility index (Phi) is 18.1. The van der Waals surface area contributed by atoms with Gasteiger partial charge in [0.15, 0.2) is 18.3 Å². The Bertz CT molecular complexity index is 2150. The summed E-state index contributed by atoms with van der Waals surface area (Å²) in [5.74, 6) is 1.90. The zero-order valence-corrected chi connectivity index (χ0v) is 41.0. The molecular formula is C52H69N3O7Si2. The molecule has 2 atom stereocenters. The summed E-state index contributed by atoms with van der Waals surface area (Å²) in [4.78, 5) is 17.7. The summed E-state index contributed by atoms with van der Waals surface area (Å²) in [6, 6.07) is 46.4. The van der Waals surface area contributed by atoms with Crippen molar-refractivity contribution in [3.05, 3.63) is 161 Å². The summed E-state index contributed by atoms with van der Waals surface area (Å²) in [6.07, 6.45) is 0.178. The molecule has 6 rings (SSSR count). The molecule has 342 valence electrons. The van der Waals surface area contributed by atoms with Gasteiger partial charge in [-0.2, -0.15) is 0 Å². The van der Waals surface area contributed by atoms with E-state index in [1.165, 1.54) is 0 Å². The van der Waals surface area contributed by atoms with E-state index in [9.17, 15) is 0 Å². The number of hydrogen-bond acceptors (Lipinski definition) is 8. The van der Waals surface area contributed by atoms with Crippen molar-refractivity contribution in [3.63, 3.8) is 0 Å². The first-order chi connectivity index (χ1) is 30.8. The van der Waals surface area contributed by atoms with Crippen LogP contribution in [0.15, 0.2) is 133 Å². The first-order valence-electron chi connectivity index (χ1n) is 22.6. The fourth-order valence-corrected chi connectivity index (χ4v) is 9.00. The number of hydrogen-bond donors (Lipinski definition) is 0. The molecular weight excluding hydrogens is 835 g/mol. The van der Waals surface area contributed by atoms with Crippen LogP contribution in [0.1, 0.15) is 27.8 Å². The van der Waals surface area contributed by atoms with Crippen molar-refractivity contribution < 1.29 is 33.2 Å². The lowest BCUT2D eigenvalue weighted by molar-refractivity contribution is -0.118. The lowest BCUT2D eigenvalue weighted by Gasteiger charge is -2.36. The Labute approximate surface area is 384 Å². The molecule has 0 unspecified atom stereocenters. The van der Waals surface area contributed by atoms with E-state index in [0.29, 0.717) is 57.4 Å². The van der Waals surface area contributed by atoms with Crippen molar-refractivity contribution in [1.82, 2.24) is 14.9 Å². The molecule has 1 heterocycles. The highest BCUT2D eigenvalue weighted by atomic mass is 28.3. The molecule has 1 saturated heterocycles. The number of rotatable bonds is 24. The van der Waals surface area contributed by atoms with Gasteiger partial charge in [-0.1, -0.05) is 148 Å². The molecule has 2 amide bonds. The first kappa shape index (κ1) is 48.5. The topological polar surface area (TPSA) is 82.2 Å². The van der Waals surface area contributed by atoms with Crippen LogP contribution in [0.25, 0.3) is 0 Å². The smallest absolute Gasteiger partial charge is 0.335 e. The fraction of sp³-hybridized carbons (Fsp3) is 0.404. The summed E-state index contributed by atoms with van der Waals surface area (Å²) in [5, 5.41) is 4.02. The molecule has 0 bridgehead atoms. The maximum absolute atomic E-state index is 15.7. The molecule has 0 aromatic heterocycles. The Morgan fingerprint density at radius 1 is 0.578 bits per heavy atom. The number of carbonyl (C=O) groups excluding carboxylic acids is 1. The SMILES string of the molecule is COc1cc(CN2C(=O)N(Cc3cccc(OCc4ccccc4)c3)[C@H](Cc3ccccc3)[C@H](OCOCC[Si](C)(C)C)CN2Cc2ccccc2)ccc1OCOCC[Si](C)(C)C. The average Bonchev–Trinajstić information content (AvgIpc) is 3.36. The third-order valence-electron chi connectivity index (χ3n) is 11.2. The number of methoxy groups -OCH3 is 1. The van der Waals surface area contributed by atoms with Crippen molar-refractivity contribution in [2.45, 2.75) is 96.2 Å². The van der Waals surface area contributed by atoms with E-state index in [2.05, 4.69) is 98.9 Å². The molecule has 12 heteroatoms. The molecule has 10 nitrogen and oxygen atoms in total. The van der Waals surface area contributed by atoms with Crippen LogP contribution in [0.4, 0.5) is 4.79 Å². The van der Waals surface area contributed by atoms with Gasteiger partial charge >= 0.3 is 6.03 Å². The molecule has 0 saturated carbocycles. The molecule has 0 aliphatic carbocycles. The monoisotopic (exact) mass is 903 g/mol. The van der Waals surface area contributed by atoms with E-state index in [1.54, 1.807) is 7.11 Å². The van der Waals surface area contributed by atoms with E-state index in [-0.39, 0.29) is 32.2 Å². The first-order valence-corrected chi connectivity index (χ1v) is 30.0. The summed E-state index contributed by atoms with van der Waals surface area (Å²) in [6.45, 7) is 17.6. The Hall–Kier alpha value is -4.96. The van der Waals surface area contributed by atoms with E-state index in [0.717, 1.165) is 45.7 Å². The normalized spacial score (nSPS) is 16.1. The van der Waals surface area contributed by atoms with Crippen molar-refractivity contribution in [3.8, 4) is 17.2 Å². The van der Waals surface area contributed by atoms with Gasteiger partial charge in [-0.15, -0.1) is 0 Å². The predicted octanol–water partition coefficient (Wildman–Crippen LogP) is 11.1. The van der Waals surface area contributed by atoms with Crippen molar-refractivity contribution in [1.29, 1.82) is 0 Å². The van der Waals surface area contributed by atoms with Crippen LogP contribution in [0.5, 0.6) is 17.2 Å². The summed E-state index contributed by atoms with van der Waals surface area (Å²) in [7, 11) is -0.911. The lowest BCUT2D eigenvalue weighted by atomic mass is 9.98. The number of carbonyl (C=O) groups is 1. The van der Waals surface area contributed by atoms with Crippen molar-refractivity contribution in [2.75, 3.05) is 40.5 Å². The van der Waals surface area contributed by atoms with Gasteiger partial charge in [0.2, 0.25) is 0 Å². The largest absolute Gasteiger partial charge is 0.493 e. The highest BCUT2D eigenvalue weighted by Crippen LogP contribution is 2.32. The number of amides is 2. The molecule has 0 N–H and O–H groups in total. The highest BCUT2D eigenvalue weighted by molar-refractivity contribution is 6.76. The highest BCUT2D eigenvalue weighted by Gasteiger charge is 2.42. The quantitative estimate of drug-likeness (QED) is 0.0344. The lowest BCUT2D eigenvalue weighted by Crippen LogP contribution is -2.51. The molecule has 1 aliphatic heterocycles. The Morgan fingerprint density at radius 2 is 1.17 bits per heavy atom. The van der Waals surface area contributed by atoms with Crippen molar-refractivity contribution in [2.24, 2.45) is 0 Å². The fourth-order valence-electron chi connectivity index (χ4n) is 7.49. The minimum Gasteiger partial charge on any atom is -0.493 e. The number of benzene rings is 5. The van der Waals surface area contributed by atoms with Gasteiger partial charge in [0.1, 0.15) is 19.1 Å². The van der Waals surface area contributed by atoms with Gasteiger partial charge < -0.3 is 33.3 Å². The zero-order chi connectivity index (χ0) is 45.4. The second-order valence-corrected chi connectivity index (χ2v) is 30.2. The summed E-state index contributed by atoms with van der Waals surface area (Å²) in [5.41, 5.74) is 5.12. The Balaban J connectivity index is 1.35. The van der Waals surface area contributed by atoms with Gasteiger partial charge in [-0.05, 0) is 70.6 Å². The predicted molar refractivity (Wildman–Crippen MR) is 261 cm³/mol. The third-order valence-corrected chi connectivity index (χ3v) is 14.6. The molecule has 1 aliphatic rings. The van der Waals surface area contributed by atoms with Crippen LogP contribution >= 0.6 is 0 Å². The third kappa shape index (κ3) is 15.6. The number of urea groups is 1. The molecule has 1 fully saturated rings. The summed E-state index contributed by atoms with van der Waals surface area (Å²) >= 11 is 0. The number of hydrazine groups is 1. The minimum absolute atomic E-state index is 0.130. The maximum atomic E-state index is 15.7. The van der Waals surface area contributed by atoms with Gasteiger partial charge in [-0.3, -0.25) is 5.01 Å². The van der Waals surface area contributed by atoms with E-state index in [1.807, 2.05) is 88.8 Å². The van der Waals surface area contributed by atoms with Crippen molar-refractivity contribution >= 4 is 22.2 Å². The van der Waals surface area contributed by atoms with Gasteiger partial charge in [0.25, 0.3) is 0 Å². The standard InChI is InChI=1S/C52H69N3O7Si2/c1-57-50-34-46(26-27-49(50)61-40-58-28-30-63(2,3)4)37-55-52(56)54(36-45-24-17-25-47(32-45)60-39-44-22-15-10-16-23-44)48(33-42-18-11-8-12-19-42)51(62-41-59-29-31-64(5,6)7)38-53(55)35-43-20-13-9-14-21-43/h8-27,32,34,48,51H,28-31,33,35-41H2,1-7H3/t48-,51-/m1/s1. The molecule has 0 radical (unpaired) electrons. The second kappa shape index (κ2) is 23.8. The molecule has 64 heavy (non-hydrogen) atoms. The number of nitrogens with zero attached hydrogens (tertiary/aromatic N) is 3. The zero-order valence-electron chi connectivity index (χ0n) is 39.0. The second-order valence-electron chi connectivity index (χ2n) is 19.0. The molecule has 0 spiro atoms. The van der Waals surface area contributed by atoms with Crippen LogP contribution in [0, 0.1) is 0 Å².